The van der Waals surface area contributed by atoms with Gasteiger partial charge in [0.15, 0.2) is 0 Å². The highest BCUT2D eigenvalue weighted by molar-refractivity contribution is 5.78. The largest absolute Gasteiger partial charge is 0.471 e. The number of rotatable bonds is 6. The van der Waals surface area contributed by atoms with Crippen molar-refractivity contribution >= 4 is 17.1 Å². The predicted octanol–water partition coefficient (Wildman–Crippen LogP) is 3.99. The van der Waals surface area contributed by atoms with Gasteiger partial charge in [-0.2, -0.15) is 18.2 Å². The molecule has 1 heterocycles. The number of nitrogens with zero attached hydrogens (tertiary/aromatic N) is 2. The highest BCUT2D eigenvalue weighted by atomic mass is 19.4. The summed E-state index contributed by atoms with van der Waals surface area (Å²) in [7, 11) is 0. The van der Waals surface area contributed by atoms with Crippen molar-refractivity contribution in [2.24, 2.45) is 0 Å². The lowest BCUT2D eigenvalue weighted by Crippen LogP contribution is -2.36. The molecule has 4 rings (SSSR count). The summed E-state index contributed by atoms with van der Waals surface area (Å²) in [6.07, 6.45) is -4.86. The Hall–Kier alpha value is -4.09. The quantitative estimate of drug-likeness (QED) is 0.339. The van der Waals surface area contributed by atoms with Gasteiger partial charge in [-0.1, -0.05) is 11.2 Å². The van der Waals surface area contributed by atoms with Crippen LogP contribution in [0.5, 0.6) is 0 Å². The van der Waals surface area contributed by atoms with E-state index in [9.17, 15) is 31.5 Å². The van der Waals surface area contributed by atoms with Crippen LogP contribution in [-0.2, 0) is 12.7 Å². The fraction of sp³-hybridized carbons (Fsp3) is 0.100. The number of nitrogens with one attached hydrogen (secondary N) is 2. The van der Waals surface area contributed by atoms with E-state index in [0.29, 0.717) is 11.3 Å². The van der Waals surface area contributed by atoms with Crippen molar-refractivity contribution in [1.82, 2.24) is 10.1 Å². The maximum atomic E-state index is 14.4. The van der Waals surface area contributed by atoms with Crippen molar-refractivity contribution in [2.45, 2.75) is 12.7 Å². The summed E-state index contributed by atoms with van der Waals surface area (Å²) in [5, 5.41) is 8.56. The first-order valence-corrected chi connectivity index (χ1v) is 8.93. The monoisotopic (exact) mass is 450 g/mol. The summed E-state index contributed by atoms with van der Waals surface area (Å²) in [6, 6.07) is 8.67. The summed E-state index contributed by atoms with van der Waals surface area (Å²) in [4.78, 5) is 26.8. The molecule has 32 heavy (non-hydrogen) atoms. The average molecular weight is 450 g/mol. The minimum Gasteiger partial charge on any atom is -0.376 e. The molecule has 164 valence electrons. The van der Waals surface area contributed by atoms with E-state index >= 15 is 0 Å². The van der Waals surface area contributed by atoms with Crippen LogP contribution in [0.1, 0.15) is 11.5 Å². The Morgan fingerprint density at radius 3 is 2.25 bits per heavy atom. The molecule has 0 bridgehead atoms. The Balaban J connectivity index is 1.48. The summed E-state index contributed by atoms with van der Waals surface area (Å²) in [5.41, 5.74) is -1.20. The lowest BCUT2D eigenvalue weighted by molar-refractivity contribution is -0.159. The minimum atomic E-state index is -4.86. The van der Waals surface area contributed by atoms with Gasteiger partial charge in [-0.3, -0.25) is 9.59 Å². The van der Waals surface area contributed by atoms with Crippen LogP contribution in [0.2, 0.25) is 0 Å². The van der Waals surface area contributed by atoms with Crippen LogP contribution in [-0.4, -0.2) is 10.1 Å². The first-order valence-electron chi connectivity index (χ1n) is 8.93. The maximum Gasteiger partial charge on any atom is 0.471 e. The topological polar surface area (TPSA) is 97.1 Å². The normalized spacial score (nSPS) is 11.7. The van der Waals surface area contributed by atoms with Gasteiger partial charge >= 0.3 is 12.1 Å². The second kappa shape index (κ2) is 7.87. The molecule has 0 aliphatic rings. The summed E-state index contributed by atoms with van der Waals surface area (Å²) < 4.78 is 69.2. The van der Waals surface area contributed by atoms with E-state index in [4.69, 9.17) is 0 Å². The summed E-state index contributed by atoms with van der Waals surface area (Å²) in [6.45, 7) is -0.0692. The lowest BCUT2D eigenvalue weighted by atomic mass is 10.1. The number of hydrogen-bond acceptors (Lipinski definition) is 7. The molecule has 0 fully saturated rings. The van der Waals surface area contributed by atoms with Crippen LogP contribution in [0.15, 0.2) is 56.6 Å². The number of benzene rings is 2. The molecule has 12 heteroatoms. The number of halogens is 5. The standard InChI is InChI=1S/C20H11F5N4O3/c21-10-2-4-11(5-3-10)27-15-14(16(30)17(15)31)26-8-9-1-6-12(13(22)7-9)18-28-19(32-29-18)20(23,24)25/h1-7,26-27H,8H2. The Morgan fingerprint density at radius 2 is 1.62 bits per heavy atom. The molecule has 0 atom stereocenters. The molecule has 0 saturated carbocycles. The van der Waals surface area contributed by atoms with E-state index < -0.39 is 40.4 Å². The van der Waals surface area contributed by atoms with Gasteiger partial charge in [-0.25, -0.2) is 8.78 Å². The number of hydrogen-bond donors (Lipinski definition) is 2. The summed E-state index contributed by atoms with van der Waals surface area (Å²) >= 11 is 0. The summed E-state index contributed by atoms with van der Waals surface area (Å²) in [5.74, 6) is -3.55. The molecule has 0 aliphatic heterocycles. The Morgan fingerprint density at radius 1 is 0.938 bits per heavy atom. The molecule has 0 unspecified atom stereocenters. The molecule has 0 radical (unpaired) electrons. The second-order valence-corrected chi connectivity index (χ2v) is 6.63. The zero-order chi connectivity index (χ0) is 23.0. The van der Waals surface area contributed by atoms with Gasteiger partial charge in [0.1, 0.15) is 23.0 Å². The lowest BCUT2D eigenvalue weighted by Gasteiger charge is -2.15. The van der Waals surface area contributed by atoms with Crippen LogP contribution < -0.4 is 21.5 Å². The van der Waals surface area contributed by atoms with E-state index in [1.165, 1.54) is 30.3 Å². The van der Waals surface area contributed by atoms with Gasteiger partial charge in [0.2, 0.25) is 5.82 Å². The molecule has 4 aromatic rings. The third-order valence-electron chi connectivity index (χ3n) is 4.44. The first kappa shape index (κ1) is 21.2. The molecule has 1 aromatic heterocycles. The van der Waals surface area contributed by atoms with Crippen molar-refractivity contribution < 1.29 is 26.5 Å². The Kier molecular flexibility index (Phi) is 5.20. The van der Waals surface area contributed by atoms with E-state index in [2.05, 4.69) is 25.3 Å². The zero-order valence-corrected chi connectivity index (χ0v) is 15.8. The molecular weight excluding hydrogens is 439 g/mol. The molecule has 0 saturated heterocycles. The SMILES string of the molecule is O=c1c(NCc2ccc(-c3noc(C(F)(F)F)n3)c(F)c2)c(Nc2ccc(F)cc2)c1=O. The number of aromatic nitrogens is 2. The molecule has 0 amide bonds. The second-order valence-electron chi connectivity index (χ2n) is 6.63. The molecule has 7 nitrogen and oxygen atoms in total. The van der Waals surface area contributed by atoms with Gasteiger partial charge in [0.05, 0.1) is 5.56 Å². The third-order valence-corrected chi connectivity index (χ3v) is 4.44. The van der Waals surface area contributed by atoms with Gasteiger partial charge < -0.3 is 15.2 Å². The van der Waals surface area contributed by atoms with Crippen LogP contribution in [0.4, 0.5) is 39.0 Å². The van der Waals surface area contributed by atoms with Gasteiger partial charge in [0, 0.05) is 12.2 Å². The molecular formula is C20H11F5N4O3. The van der Waals surface area contributed by atoms with Crippen molar-refractivity contribution in [3.63, 3.8) is 0 Å². The highest BCUT2D eigenvalue weighted by Gasteiger charge is 2.38. The third kappa shape index (κ3) is 4.06. The molecule has 0 aliphatic carbocycles. The predicted molar refractivity (Wildman–Crippen MR) is 103 cm³/mol. The van der Waals surface area contributed by atoms with Crippen LogP contribution in [0.3, 0.4) is 0 Å². The van der Waals surface area contributed by atoms with E-state index in [-0.39, 0.29) is 23.5 Å². The van der Waals surface area contributed by atoms with Crippen LogP contribution in [0, 0.1) is 11.6 Å². The molecule has 3 aromatic carbocycles. The highest BCUT2D eigenvalue weighted by Crippen LogP contribution is 2.30. The first-order chi connectivity index (χ1) is 15.1. The molecule has 0 spiro atoms. The van der Waals surface area contributed by atoms with Crippen molar-refractivity contribution in [3.8, 4) is 11.4 Å². The average Bonchev–Trinajstić information content (AvgIpc) is 3.24. The Labute approximate surface area is 175 Å². The molecule has 2 N–H and O–H groups in total. The van der Waals surface area contributed by atoms with Gasteiger partial charge in [-0.05, 0) is 42.0 Å². The number of alkyl halides is 3. The minimum absolute atomic E-state index is 0.0230. The fourth-order valence-electron chi connectivity index (χ4n) is 2.85. The van der Waals surface area contributed by atoms with E-state index in [1.54, 1.807) is 0 Å². The number of anilines is 3. The van der Waals surface area contributed by atoms with Crippen LogP contribution >= 0.6 is 0 Å². The smallest absolute Gasteiger partial charge is 0.376 e. The zero-order valence-electron chi connectivity index (χ0n) is 15.8. The van der Waals surface area contributed by atoms with Crippen LogP contribution in [0.25, 0.3) is 11.4 Å². The van der Waals surface area contributed by atoms with Crippen molar-refractivity contribution in [1.29, 1.82) is 0 Å². The van der Waals surface area contributed by atoms with Gasteiger partial charge in [0.25, 0.3) is 10.9 Å². The fourth-order valence-corrected chi connectivity index (χ4v) is 2.85. The van der Waals surface area contributed by atoms with Crippen molar-refractivity contribution in [3.05, 3.63) is 86.0 Å². The maximum absolute atomic E-state index is 14.4. The van der Waals surface area contributed by atoms with Gasteiger partial charge in [-0.15, -0.1) is 0 Å². The van der Waals surface area contributed by atoms with E-state index in [0.717, 1.165) is 12.1 Å². The Bertz CT molecular complexity index is 1360. The van der Waals surface area contributed by atoms with Crippen molar-refractivity contribution in [2.75, 3.05) is 10.6 Å². The van der Waals surface area contributed by atoms with E-state index in [1.807, 2.05) is 0 Å².